The summed E-state index contributed by atoms with van der Waals surface area (Å²) in [5.41, 5.74) is 0.268. The van der Waals surface area contributed by atoms with Gasteiger partial charge in [-0.2, -0.15) is 0 Å². The maximum Gasteiger partial charge on any atom is 0.147 e. The van der Waals surface area contributed by atoms with Crippen molar-refractivity contribution in [3.63, 3.8) is 0 Å². The molecule has 1 unspecified atom stereocenters. The Hall–Kier alpha value is -0.370. The van der Waals surface area contributed by atoms with E-state index >= 15 is 0 Å². The molecule has 0 bridgehead atoms. The lowest BCUT2D eigenvalue weighted by Gasteiger charge is -2.37. The fraction of sp³-hybridized carbons (Fsp3) is 0.900. The fourth-order valence-electron chi connectivity index (χ4n) is 1.73. The molecule has 0 aromatic rings. The summed E-state index contributed by atoms with van der Waals surface area (Å²) in [7, 11) is 2.02. The molecule has 1 atom stereocenters. The van der Waals surface area contributed by atoms with Crippen LogP contribution in [0.1, 0.15) is 27.2 Å². The number of rotatable bonds is 0. The van der Waals surface area contributed by atoms with E-state index in [2.05, 4.69) is 25.7 Å². The van der Waals surface area contributed by atoms with E-state index in [1.807, 2.05) is 7.05 Å². The number of Topliss-reactive ketones (excluding diaryl/α,β-unsaturated/α-hetero) is 1. The van der Waals surface area contributed by atoms with Crippen LogP contribution in [0.4, 0.5) is 0 Å². The van der Waals surface area contributed by atoms with E-state index in [-0.39, 0.29) is 5.41 Å². The van der Waals surface area contributed by atoms with E-state index in [0.29, 0.717) is 18.2 Å². The van der Waals surface area contributed by atoms with Crippen LogP contribution in [-0.2, 0) is 4.79 Å². The van der Waals surface area contributed by atoms with Crippen molar-refractivity contribution < 1.29 is 4.79 Å². The highest BCUT2D eigenvalue weighted by atomic mass is 16.1. The van der Waals surface area contributed by atoms with Gasteiger partial charge in [0.2, 0.25) is 0 Å². The maximum absolute atomic E-state index is 11.3. The molecule has 0 saturated carbocycles. The average molecular weight is 169 g/mol. The number of hydrogen-bond acceptors (Lipinski definition) is 2. The van der Waals surface area contributed by atoms with E-state index in [4.69, 9.17) is 0 Å². The summed E-state index contributed by atoms with van der Waals surface area (Å²) in [6, 6.07) is 0. The van der Waals surface area contributed by atoms with Crippen molar-refractivity contribution in [2.45, 2.75) is 27.2 Å². The lowest BCUT2D eigenvalue weighted by atomic mass is 9.76. The van der Waals surface area contributed by atoms with Gasteiger partial charge in [0, 0.05) is 13.0 Å². The third-order valence-electron chi connectivity index (χ3n) is 2.68. The first-order chi connectivity index (χ1) is 5.39. The van der Waals surface area contributed by atoms with Gasteiger partial charge < -0.3 is 0 Å². The minimum atomic E-state index is 0.268. The number of carbonyl (C=O) groups is 1. The Morgan fingerprint density at radius 3 is 2.42 bits per heavy atom. The monoisotopic (exact) mass is 169 g/mol. The quantitative estimate of drug-likeness (QED) is 0.548. The Morgan fingerprint density at radius 2 is 2.00 bits per heavy atom. The van der Waals surface area contributed by atoms with Crippen LogP contribution in [0.5, 0.6) is 0 Å². The molecule has 2 nitrogen and oxygen atoms in total. The third-order valence-corrected chi connectivity index (χ3v) is 2.68. The van der Waals surface area contributed by atoms with Gasteiger partial charge in [0.1, 0.15) is 5.78 Å². The van der Waals surface area contributed by atoms with Crippen LogP contribution in [0.3, 0.4) is 0 Å². The summed E-state index contributed by atoms with van der Waals surface area (Å²) >= 11 is 0. The normalized spacial score (nSPS) is 27.7. The molecule has 0 aromatic carbocycles. The highest BCUT2D eigenvalue weighted by Crippen LogP contribution is 2.31. The Bertz CT molecular complexity index is 181. The molecule has 1 saturated heterocycles. The van der Waals surface area contributed by atoms with Gasteiger partial charge in [-0.25, -0.2) is 0 Å². The van der Waals surface area contributed by atoms with Crippen molar-refractivity contribution in [1.82, 2.24) is 4.90 Å². The van der Waals surface area contributed by atoms with Crippen molar-refractivity contribution in [3.8, 4) is 0 Å². The van der Waals surface area contributed by atoms with Crippen LogP contribution in [-0.4, -0.2) is 30.8 Å². The van der Waals surface area contributed by atoms with Crippen LogP contribution < -0.4 is 0 Å². The minimum Gasteiger partial charge on any atom is -0.299 e. The summed E-state index contributed by atoms with van der Waals surface area (Å²) < 4.78 is 0. The third kappa shape index (κ3) is 2.31. The highest BCUT2D eigenvalue weighted by molar-refractivity contribution is 5.81. The van der Waals surface area contributed by atoms with Crippen LogP contribution in [0.15, 0.2) is 0 Å². The number of likely N-dealkylation sites (tertiary alicyclic amines) is 1. The van der Waals surface area contributed by atoms with Gasteiger partial charge >= 0.3 is 0 Å². The largest absolute Gasteiger partial charge is 0.299 e. The second-order valence-electron chi connectivity index (χ2n) is 5.00. The van der Waals surface area contributed by atoms with Gasteiger partial charge in [-0.05, 0) is 18.4 Å². The summed E-state index contributed by atoms with van der Waals surface area (Å²) in [4.78, 5) is 13.4. The number of hydrogen-bond donors (Lipinski definition) is 0. The molecule has 2 heteroatoms. The van der Waals surface area contributed by atoms with Crippen LogP contribution in [0, 0.1) is 11.3 Å². The van der Waals surface area contributed by atoms with Crippen molar-refractivity contribution in [2.24, 2.45) is 11.3 Å². The van der Waals surface area contributed by atoms with E-state index in [9.17, 15) is 4.79 Å². The minimum absolute atomic E-state index is 0.268. The molecule has 12 heavy (non-hydrogen) atoms. The predicted molar refractivity (Wildman–Crippen MR) is 50.1 cm³/mol. The van der Waals surface area contributed by atoms with Gasteiger partial charge in [-0.3, -0.25) is 9.69 Å². The number of piperidine rings is 1. The van der Waals surface area contributed by atoms with Crippen LogP contribution in [0.25, 0.3) is 0 Å². The molecule has 1 aliphatic heterocycles. The number of likely N-dealkylation sites (N-methyl/N-ethyl adjacent to an activating group) is 1. The average Bonchev–Trinajstić information content (AvgIpc) is 1.82. The van der Waals surface area contributed by atoms with E-state index in [1.165, 1.54) is 0 Å². The Kier molecular flexibility index (Phi) is 2.57. The first-order valence-electron chi connectivity index (χ1n) is 4.60. The molecule has 1 fully saturated rings. The second-order valence-corrected chi connectivity index (χ2v) is 5.00. The summed E-state index contributed by atoms with van der Waals surface area (Å²) in [6.45, 7) is 8.35. The summed E-state index contributed by atoms with van der Waals surface area (Å²) in [5.74, 6) is 0.924. The maximum atomic E-state index is 11.3. The molecule has 0 N–H and O–H groups in total. The molecule has 0 spiro atoms. The Labute approximate surface area is 74.9 Å². The van der Waals surface area contributed by atoms with Gasteiger partial charge in [-0.15, -0.1) is 0 Å². The number of carbonyl (C=O) groups excluding carboxylic acids is 1. The molecule has 1 rings (SSSR count). The van der Waals surface area contributed by atoms with Crippen molar-refractivity contribution in [1.29, 1.82) is 0 Å². The molecule has 0 amide bonds. The predicted octanol–water partition coefficient (Wildman–Crippen LogP) is 1.55. The van der Waals surface area contributed by atoms with Gasteiger partial charge in [0.15, 0.2) is 0 Å². The van der Waals surface area contributed by atoms with Crippen molar-refractivity contribution in [2.75, 3.05) is 20.1 Å². The van der Waals surface area contributed by atoms with E-state index in [1.54, 1.807) is 0 Å². The van der Waals surface area contributed by atoms with E-state index < -0.39 is 0 Å². The Balaban J connectivity index is 2.62. The Morgan fingerprint density at radius 1 is 1.42 bits per heavy atom. The molecule has 1 aliphatic rings. The van der Waals surface area contributed by atoms with E-state index in [0.717, 1.165) is 13.0 Å². The smallest absolute Gasteiger partial charge is 0.147 e. The molecular weight excluding hydrogens is 150 g/mol. The van der Waals surface area contributed by atoms with Crippen LogP contribution >= 0.6 is 0 Å². The topological polar surface area (TPSA) is 20.3 Å². The molecular formula is C10H19NO. The lowest BCUT2D eigenvalue weighted by Crippen LogP contribution is -2.42. The fourth-order valence-corrected chi connectivity index (χ4v) is 1.73. The van der Waals surface area contributed by atoms with Crippen LogP contribution in [0.2, 0.25) is 0 Å². The summed E-state index contributed by atoms with van der Waals surface area (Å²) in [5, 5.41) is 0. The lowest BCUT2D eigenvalue weighted by molar-refractivity contribution is -0.124. The second kappa shape index (κ2) is 3.17. The molecule has 0 radical (unpaired) electrons. The summed E-state index contributed by atoms with van der Waals surface area (Å²) in [6.07, 6.45) is 0.772. The standard InChI is InChI=1S/C10H19NO/c1-10(2,3)8-5-9(12)7-11(4)6-8/h8H,5-7H2,1-4H3. The molecule has 0 aliphatic carbocycles. The zero-order valence-corrected chi connectivity index (χ0v) is 8.55. The zero-order valence-electron chi connectivity index (χ0n) is 8.55. The number of nitrogens with zero attached hydrogens (tertiary/aromatic N) is 1. The van der Waals surface area contributed by atoms with Crippen molar-refractivity contribution >= 4 is 5.78 Å². The zero-order chi connectivity index (χ0) is 9.35. The molecule has 0 aromatic heterocycles. The molecule has 70 valence electrons. The number of ketones is 1. The van der Waals surface area contributed by atoms with Crippen molar-refractivity contribution in [3.05, 3.63) is 0 Å². The van der Waals surface area contributed by atoms with Gasteiger partial charge in [0.05, 0.1) is 6.54 Å². The first-order valence-corrected chi connectivity index (χ1v) is 4.60. The SMILES string of the molecule is CN1CC(=O)CC(C(C)(C)C)C1. The first kappa shape index (κ1) is 9.72. The van der Waals surface area contributed by atoms with Gasteiger partial charge in [0.25, 0.3) is 0 Å². The molecule has 1 heterocycles. The highest BCUT2D eigenvalue weighted by Gasteiger charge is 2.31. The van der Waals surface area contributed by atoms with Gasteiger partial charge in [-0.1, -0.05) is 20.8 Å².